The molecular formula is C15H13FN2O. The van der Waals surface area contributed by atoms with Crippen LogP contribution in [0.25, 0.3) is 0 Å². The van der Waals surface area contributed by atoms with Crippen molar-refractivity contribution in [1.29, 1.82) is 0 Å². The number of carbonyl (C=O) groups excluding carboxylic acids is 1. The molecule has 1 aliphatic rings. The summed E-state index contributed by atoms with van der Waals surface area (Å²) in [7, 11) is 0. The highest BCUT2D eigenvalue weighted by molar-refractivity contribution is 6.07. The van der Waals surface area contributed by atoms with Gasteiger partial charge in [-0.2, -0.15) is 0 Å². The molecule has 0 spiro atoms. The first kappa shape index (κ1) is 11.7. The lowest BCUT2D eigenvalue weighted by Gasteiger charge is -2.17. The lowest BCUT2D eigenvalue weighted by molar-refractivity contribution is 0.0989. The molecule has 0 atom stereocenters. The molecule has 1 heterocycles. The van der Waals surface area contributed by atoms with E-state index < -0.39 is 5.82 Å². The van der Waals surface area contributed by atoms with E-state index in [-0.39, 0.29) is 5.91 Å². The molecule has 0 unspecified atom stereocenters. The van der Waals surface area contributed by atoms with Crippen LogP contribution in [0, 0.1) is 5.82 Å². The molecule has 0 saturated carbocycles. The van der Waals surface area contributed by atoms with Gasteiger partial charge in [0.15, 0.2) is 0 Å². The number of nitrogens with zero attached hydrogens (tertiary/aromatic N) is 1. The summed E-state index contributed by atoms with van der Waals surface area (Å²) in [5.74, 6) is -0.596. The van der Waals surface area contributed by atoms with Crippen molar-refractivity contribution in [3.63, 3.8) is 0 Å². The fraction of sp³-hybridized carbons (Fsp3) is 0.133. The van der Waals surface area contributed by atoms with Gasteiger partial charge in [0.25, 0.3) is 5.91 Å². The van der Waals surface area contributed by atoms with Gasteiger partial charge < -0.3 is 10.6 Å². The third kappa shape index (κ3) is 1.95. The van der Waals surface area contributed by atoms with Gasteiger partial charge in [-0.25, -0.2) is 4.39 Å². The zero-order valence-electron chi connectivity index (χ0n) is 10.3. The van der Waals surface area contributed by atoms with Crippen LogP contribution in [-0.4, -0.2) is 12.5 Å². The lowest BCUT2D eigenvalue weighted by atomic mass is 10.1. The lowest BCUT2D eigenvalue weighted by Crippen LogP contribution is -2.28. The number of fused-ring (bicyclic) bond motifs is 1. The molecule has 0 aliphatic carbocycles. The number of nitrogen functional groups attached to an aromatic ring is 1. The number of nitrogens with two attached hydrogens (primary N) is 1. The molecule has 0 aromatic heterocycles. The summed E-state index contributed by atoms with van der Waals surface area (Å²) in [6, 6.07) is 11.3. The fourth-order valence-corrected chi connectivity index (χ4v) is 2.45. The Morgan fingerprint density at radius 1 is 1.21 bits per heavy atom. The van der Waals surface area contributed by atoms with Crippen LogP contribution in [0.1, 0.15) is 15.9 Å². The molecule has 0 bridgehead atoms. The maximum atomic E-state index is 13.2. The maximum absolute atomic E-state index is 13.2. The minimum atomic E-state index is -0.405. The molecule has 96 valence electrons. The van der Waals surface area contributed by atoms with E-state index in [2.05, 4.69) is 0 Å². The minimum Gasteiger partial charge on any atom is -0.398 e. The summed E-state index contributed by atoms with van der Waals surface area (Å²) >= 11 is 0. The predicted octanol–water partition coefficient (Wildman–Crippen LogP) is 2.61. The van der Waals surface area contributed by atoms with Gasteiger partial charge in [0.1, 0.15) is 5.82 Å². The van der Waals surface area contributed by atoms with Crippen molar-refractivity contribution in [2.45, 2.75) is 6.42 Å². The van der Waals surface area contributed by atoms with Crippen molar-refractivity contribution >= 4 is 17.3 Å². The van der Waals surface area contributed by atoms with Gasteiger partial charge >= 0.3 is 0 Å². The highest BCUT2D eigenvalue weighted by Crippen LogP contribution is 2.33. The first-order chi connectivity index (χ1) is 9.16. The van der Waals surface area contributed by atoms with Gasteiger partial charge in [-0.3, -0.25) is 4.79 Å². The summed E-state index contributed by atoms with van der Waals surface area (Å²) in [6.07, 6.45) is 0.739. The van der Waals surface area contributed by atoms with Gasteiger partial charge in [-0.15, -0.1) is 0 Å². The number of hydrogen-bond donors (Lipinski definition) is 1. The molecule has 4 heteroatoms. The van der Waals surface area contributed by atoms with E-state index in [4.69, 9.17) is 5.73 Å². The number of anilines is 2. The summed E-state index contributed by atoms with van der Waals surface area (Å²) in [4.78, 5) is 14.0. The summed E-state index contributed by atoms with van der Waals surface area (Å²) in [6.45, 7) is 0.582. The Morgan fingerprint density at radius 2 is 2.00 bits per heavy atom. The second-order valence-electron chi connectivity index (χ2n) is 4.56. The van der Waals surface area contributed by atoms with Crippen molar-refractivity contribution in [3.8, 4) is 0 Å². The van der Waals surface area contributed by atoms with Crippen molar-refractivity contribution in [2.24, 2.45) is 0 Å². The fourth-order valence-electron chi connectivity index (χ4n) is 2.45. The van der Waals surface area contributed by atoms with E-state index in [1.165, 1.54) is 12.1 Å². The summed E-state index contributed by atoms with van der Waals surface area (Å²) in [5, 5.41) is 0. The van der Waals surface area contributed by atoms with E-state index in [0.29, 0.717) is 17.8 Å². The second kappa shape index (κ2) is 4.39. The number of hydrogen-bond acceptors (Lipinski definition) is 2. The molecule has 2 aromatic carbocycles. The maximum Gasteiger partial charge on any atom is 0.258 e. The third-order valence-corrected chi connectivity index (χ3v) is 3.38. The number of rotatable bonds is 1. The number of halogens is 1. The van der Waals surface area contributed by atoms with Gasteiger partial charge in [0.05, 0.1) is 0 Å². The van der Waals surface area contributed by atoms with E-state index in [9.17, 15) is 9.18 Å². The average Bonchev–Trinajstić information content (AvgIpc) is 2.83. The van der Waals surface area contributed by atoms with E-state index in [1.807, 2.05) is 18.2 Å². The first-order valence-electron chi connectivity index (χ1n) is 6.11. The van der Waals surface area contributed by atoms with Crippen molar-refractivity contribution in [2.75, 3.05) is 17.2 Å². The minimum absolute atomic E-state index is 0.191. The topological polar surface area (TPSA) is 46.3 Å². The van der Waals surface area contributed by atoms with Crippen LogP contribution in [0.5, 0.6) is 0 Å². The molecule has 3 nitrogen and oxygen atoms in total. The third-order valence-electron chi connectivity index (χ3n) is 3.38. The molecule has 0 saturated heterocycles. The van der Waals surface area contributed by atoms with Crippen molar-refractivity contribution in [1.82, 2.24) is 0 Å². The highest BCUT2D eigenvalue weighted by atomic mass is 19.1. The van der Waals surface area contributed by atoms with Gasteiger partial charge in [0, 0.05) is 29.0 Å². The van der Waals surface area contributed by atoms with Crippen molar-refractivity contribution in [3.05, 3.63) is 59.4 Å². The van der Waals surface area contributed by atoms with Crippen LogP contribution < -0.4 is 10.6 Å². The largest absolute Gasteiger partial charge is 0.398 e. The van der Waals surface area contributed by atoms with Crippen LogP contribution in [0.3, 0.4) is 0 Å². The van der Waals surface area contributed by atoms with Crippen LogP contribution in [0.15, 0.2) is 42.5 Å². The normalized spacial score (nSPS) is 13.4. The Kier molecular flexibility index (Phi) is 2.71. The average molecular weight is 256 g/mol. The van der Waals surface area contributed by atoms with Crippen LogP contribution in [-0.2, 0) is 6.42 Å². The predicted molar refractivity (Wildman–Crippen MR) is 72.6 cm³/mol. The Hall–Kier alpha value is -2.36. The molecular weight excluding hydrogens is 243 g/mol. The van der Waals surface area contributed by atoms with E-state index >= 15 is 0 Å². The monoisotopic (exact) mass is 256 g/mol. The highest BCUT2D eigenvalue weighted by Gasteiger charge is 2.26. The van der Waals surface area contributed by atoms with Crippen LogP contribution in [0.4, 0.5) is 15.8 Å². The summed E-state index contributed by atoms with van der Waals surface area (Å²) in [5.41, 5.74) is 8.78. The van der Waals surface area contributed by atoms with E-state index in [0.717, 1.165) is 17.7 Å². The number of benzene rings is 2. The smallest absolute Gasteiger partial charge is 0.258 e. The quantitative estimate of drug-likeness (QED) is 0.797. The molecule has 2 aromatic rings. The molecule has 0 fully saturated rings. The molecule has 19 heavy (non-hydrogen) atoms. The zero-order chi connectivity index (χ0) is 13.4. The SMILES string of the molecule is Nc1cccc2c1CCN2C(=O)c1cccc(F)c1. The molecule has 1 amide bonds. The van der Waals surface area contributed by atoms with Crippen molar-refractivity contribution < 1.29 is 9.18 Å². The number of amides is 1. The van der Waals surface area contributed by atoms with E-state index in [1.54, 1.807) is 17.0 Å². The summed E-state index contributed by atoms with van der Waals surface area (Å²) < 4.78 is 13.2. The Labute approximate surface area is 110 Å². The Balaban J connectivity index is 1.98. The first-order valence-corrected chi connectivity index (χ1v) is 6.11. The molecule has 0 radical (unpaired) electrons. The Bertz CT molecular complexity index is 654. The molecule has 2 N–H and O–H groups in total. The van der Waals surface area contributed by atoms with Crippen LogP contribution >= 0.6 is 0 Å². The van der Waals surface area contributed by atoms with Gasteiger partial charge in [0.2, 0.25) is 0 Å². The zero-order valence-corrected chi connectivity index (χ0v) is 10.3. The second-order valence-corrected chi connectivity index (χ2v) is 4.56. The molecule has 3 rings (SSSR count). The number of carbonyl (C=O) groups is 1. The van der Waals surface area contributed by atoms with Gasteiger partial charge in [-0.05, 0) is 36.8 Å². The standard InChI is InChI=1S/C15H13FN2O/c16-11-4-1-3-10(9-11)15(19)18-8-7-12-13(17)5-2-6-14(12)18/h1-6,9H,7-8,17H2. The molecule has 1 aliphatic heterocycles. The van der Waals surface area contributed by atoms with Gasteiger partial charge in [-0.1, -0.05) is 12.1 Å². The van der Waals surface area contributed by atoms with Crippen LogP contribution in [0.2, 0.25) is 0 Å². The Morgan fingerprint density at radius 3 is 2.79 bits per heavy atom.